The smallest absolute Gasteiger partial charge is 0.284 e. The summed E-state index contributed by atoms with van der Waals surface area (Å²) in [6, 6.07) is 0. The molecule has 76 valence electrons. The van der Waals surface area contributed by atoms with Crippen LogP contribution in [0.5, 0.6) is 0 Å². The van der Waals surface area contributed by atoms with E-state index in [4.69, 9.17) is 4.74 Å². The molecule has 1 rings (SSSR count). The second kappa shape index (κ2) is 7.73. The fourth-order valence-electron chi connectivity index (χ4n) is 1.06. The number of amides is 1. The zero-order chi connectivity index (χ0) is 10.1. The monoisotopic (exact) mass is 187 g/mol. The van der Waals surface area contributed by atoms with Crippen LogP contribution in [0.15, 0.2) is 0 Å². The third kappa shape index (κ3) is 5.36. The Morgan fingerprint density at radius 1 is 1.62 bits per heavy atom. The molecule has 13 heavy (non-hydrogen) atoms. The summed E-state index contributed by atoms with van der Waals surface area (Å²) < 4.78 is 5.22. The van der Waals surface area contributed by atoms with Crippen molar-refractivity contribution in [1.82, 2.24) is 5.32 Å². The van der Waals surface area contributed by atoms with E-state index in [1.54, 1.807) is 0 Å². The number of nitrogens with one attached hydrogen (secondary N) is 1. The van der Waals surface area contributed by atoms with Gasteiger partial charge in [-0.3, -0.25) is 9.59 Å². The summed E-state index contributed by atoms with van der Waals surface area (Å²) in [4.78, 5) is 20.3. The number of carbonyl (C=O) groups excluding carboxylic acids is 2. The van der Waals surface area contributed by atoms with Gasteiger partial charge in [0.05, 0.1) is 6.10 Å². The molecule has 1 fully saturated rings. The second-order valence-electron chi connectivity index (χ2n) is 2.50. The van der Waals surface area contributed by atoms with Crippen LogP contribution < -0.4 is 5.32 Å². The molecule has 0 aliphatic carbocycles. The Morgan fingerprint density at radius 3 is 2.77 bits per heavy atom. The first kappa shape index (κ1) is 12.1. The molecule has 0 spiro atoms. The van der Waals surface area contributed by atoms with Gasteiger partial charge < -0.3 is 10.1 Å². The summed E-state index contributed by atoms with van der Waals surface area (Å²) in [5, 5.41) is 2.44. The maximum absolute atomic E-state index is 10.4. The van der Waals surface area contributed by atoms with Crippen molar-refractivity contribution in [3.63, 3.8) is 0 Å². The van der Waals surface area contributed by atoms with E-state index < -0.39 is 5.91 Å². The van der Waals surface area contributed by atoms with Crippen LogP contribution in [0.25, 0.3) is 0 Å². The second-order valence-corrected chi connectivity index (χ2v) is 2.50. The molecule has 0 aromatic rings. The fraction of sp³-hybridized carbons (Fsp3) is 0.778. The number of hydrogen-bond donors (Lipinski definition) is 1. The van der Waals surface area contributed by atoms with E-state index in [2.05, 4.69) is 5.32 Å². The molecule has 0 saturated carbocycles. The first-order chi connectivity index (χ1) is 6.33. The average Bonchev–Trinajstić information content (AvgIpc) is 2.70. The third-order valence-electron chi connectivity index (χ3n) is 1.63. The van der Waals surface area contributed by atoms with E-state index in [9.17, 15) is 9.59 Å². The van der Waals surface area contributed by atoms with E-state index in [-0.39, 0.29) is 12.4 Å². The first-order valence-electron chi connectivity index (χ1n) is 4.67. The molecule has 4 nitrogen and oxygen atoms in total. The van der Waals surface area contributed by atoms with Crippen molar-refractivity contribution >= 4 is 12.2 Å². The van der Waals surface area contributed by atoms with Crippen LogP contribution in [0.3, 0.4) is 0 Å². The van der Waals surface area contributed by atoms with Gasteiger partial charge in [-0.2, -0.15) is 0 Å². The van der Waals surface area contributed by atoms with Gasteiger partial charge in [0.15, 0.2) is 0 Å². The maximum atomic E-state index is 10.4. The van der Waals surface area contributed by atoms with E-state index in [0.717, 1.165) is 19.4 Å². The van der Waals surface area contributed by atoms with Gasteiger partial charge in [-0.05, 0) is 12.8 Å². The molecule has 0 aromatic heterocycles. The van der Waals surface area contributed by atoms with Crippen LogP contribution in [0, 0.1) is 0 Å². The summed E-state index contributed by atoms with van der Waals surface area (Å²) >= 11 is 0. The molecule has 1 aliphatic heterocycles. The third-order valence-corrected chi connectivity index (χ3v) is 1.63. The Balaban J connectivity index is 0.000000671. The number of aldehydes is 1. The highest BCUT2D eigenvalue weighted by Crippen LogP contribution is 2.10. The molecule has 1 saturated heterocycles. The molecule has 0 bridgehead atoms. The van der Waals surface area contributed by atoms with Gasteiger partial charge in [0.25, 0.3) is 5.91 Å². The van der Waals surface area contributed by atoms with Gasteiger partial charge in [0, 0.05) is 13.2 Å². The lowest BCUT2D eigenvalue weighted by Gasteiger charge is -2.07. The van der Waals surface area contributed by atoms with Crippen molar-refractivity contribution in [2.24, 2.45) is 0 Å². The molecule has 1 atom stereocenters. The van der Waals surface area contributed by atoms with Crippen molar-refractivity contribution in [2.75, 3.05) is 13.2 Å². The lowest BCUT2D eigenvalue weighted by atomic mass is 10.2. The number of hydrogen-bond acceptors (Lipinski definition) is 3. The quantitative estimate of drug-likeness (QED) is 0.517. The van der Waals surface area contributed by atoms with E-state index in [0.29, 0.717) is 6.54 Å². The van der Waals surface area contributed by atoms with Gasteiger partial charge in [-0.15, -0.1) is 0 Å². The van der Waals surface area contributed by atoms with Gasteiger partial charge in [-0.1, -0.05) is 13.8 Å². The lowest BCUT2D eigenvalue weighted by molar-refractivity contribution is -0.131. The highest BCUT2D eigenvalue weighted by atomic mass is 16.5. The van der Waals surface area contributed by atoms with Crippen molar-refractivity contribution in [2.45, 2.75) is 32.8 Å². The van der Waals surface area contributed by atoms with Crippen LogP contribution in [0.4, 0.5) is 0 Å². The van der Waals surface area contributed by atoms with Gasteiger partial charge in [0.1, 0.15) is 0 Å². The molecular weight excluding hydrogens is 170 g/mol. The SMILES string of the molecule is CC.O=CC(=O)NCC1CCCO1. The number of rotatable bonds is 3. The molecule has 1 unspecified atom stereocenters. The largest absolute Gasteiger partial charge is 0.376 e. The standard InChI is InChI=1S/C7H11NO3.C2H6/c9-5-7(10)8-4-6-2-1-3-11-6;1-2/h5-6H,1-4H2,(H,8,10);1-2H3. The summed E-state index contributed by atoms with van der Waals surface area (Å²) in [5.74, 6) is -0.569. The van der Waals surface area contributed by atoms with Crippen LogP contribution in [-0.2, 0) is 14.3 Å². The van der Waals surface area contributed by atoms with Crippen molar-refractivity contribution in [3.05, 3.63) is 0 Å². The average molecular weight is 187 g/mol. The highest BCUT2D eigenvalue weighted by Gasteiger charge is 2.15. The van der Waals surface area contributed by atoms with Gasteiger partial charge >= 0.3 is 0 Å². The normalized spacial score (nSPS) is 20.0. The topological polar surface area (TPSA) is 55.4 Å². The summed E-state index contributed by atoms with van der Waals surface area (Å²) in [6.45, 7) is 5.22. The Hall–Kier alpha value is -0.900. The van der Waals surface area contributed by atoms with Crippen molar-refractivity contribution in [1.29, 1.82) is 0 Å². The maximum Gasteiger partial charge on any atom is 0.284 e. The Labute approximate surface area is 78.6 Å². The molecule has 1 heterocycles. The van der Waals surface area contributed by atoms with Gasteiger partial charge in [0.2, 0.25) is 6.29 Å². The summed E-state index contributed by atoms with van der Waals surface area (Å²) in [6.07, 6.45) is 2.40. The Morgan fingerprint density at radius 2 is 2.31 bits per heavy atom. The molecule has 1 amide bonds. The van der Waals surface area contributed by atoms with Crippen LogP contribution >= 0.6 is 0 Å². The predicted molar refractivity (Wildman–Crippen MR) is 49.4 cm³/mol. The minimum atomic E-state index is -0.569. The molecule has 0 aromatic carbocycles. The first-order valence-corrected chi connectivity index (χ1v) is 4.67. The molecule has 0 radical (unpaired) electrons. The summed E-state index contributed by atoms with van der Waals surface area (Å²) in [7, 11) is 0. The number of carbonyl (C=O) groups is 2. The van der Waals surface area contributed by atoms with Gasteiger partial charge in [-0.25, -0.2) is 0 Å². The highest BCUT2D eigenvalue weighted by molar-refractivity contribution is 6.23. The van der Waals surface area contributed by atoms with E-state index >= 15 is 0 Å². The zero-order valence-electron chi connectivity index (χ0n) is 8.21. The van der Waals surface area contributed by atoms with Crippen LogP contribution in [0.1, 0.15) is 26.7 Å². The lowest BCUT2D eigenvalue weighted by Crippen LogP contribution is -2.32. The van der Waals surface area contributed by atoms with Crippen LogP contribution in [0.2, 0.25) is 0 Å². The summed E-state index contributed by atoms with van der Waals surface area (Å²) in [5.41, 5.74) is 0. The van der Waals surface area contributed by atoms with Crippen molar-refractivity contribution < 1.29 is 14.3 Å². The fourth-order valence-corrected chi connectivity index (χ4v) is 1.06. The van der Waals surface area contributed by atoms with E-state index in [1.807, 2.05) is 13.8 Å². The van der Waals surface area contributed by atoms with Crippen LogP contribution in [-0.4, -0.2) is 31.4 Å². The molecule has 4 heteroatoms. The minimum absolute atomic E-state index is 0.110. The molecular formula is C9H17NO3. The zero-order valence-corrected chi connectivity index (χ0v) is 8.21. The number of ether oxygens (including phenoxy) is 1. The predicted octanol–water partition coefficient (Wildman–Crippen LogP) is 0.507. The Kier molecular flexibility index (Phi) is 7.20. The van der Waals surface area contributed by atoms with E-state index in [1.165, 1.54) is 0 Å². The molecule has 1 aliphatic rings. The Bertz CT molecular complexity index is 153. The van der Waals surface area contributed by atoms with Crippen molar-refractivity contribution in [3.8, 4) is 0 Å². The minimum Gasteiger partial charge on any atom is -0.376 e. The molecule has 1 N–H and O–H groups in total.